The number of carbonyl (C=O) groups is 3. The van der Waals surface area contributed by atoms with Gasteiger partial charge < -0.3 is 10.5 Å². The van der Waals surface area contributed by atoms with Crippen LogP contribution in [0.15, 0.2) is 66.7 Å². The minimum atomic E-state index is -0.846. The summed E-state index contributed by atoms with van der Waals surface area (Å²) in [5.41, 5.74) is 12.7. The largest absolute Gasteiger partial charge is 0.350 e. The van der Waals surface area contributed by atoms with E-state index < -0.39 is 41.9 Å². The molecule has 0 radical (unpaired) electrons. The maximum absolute atomic E-state index is 13.9. The zero-order valence-electron chi connectivity index (χ0n) is 23.6. The zero-order chi connectivity index (χ0) is 28.9. The highest BCUT2D eigenvalue weighted by molar-refractivity contribution is 6.00. The van der Waals surface area contributed by atoms with Gasteiger partial charge in [-0.05, 0) is 56.2 Å². The SMILES string of the molecule is CC(C)C[C@@H](C(=O)NN(C(=O)[C@H](C)N)c1ccccc1)[C@H](CC=Cc1ccccc1)C(=O)NOC1CCCCO1. The van der Waals surface area contributed by atoms with E-state index in [4.69, 9.17) is 15.3 Å². The number of allylic oxidation sites excluding steroid dienone is 1. The van der Waals surface area contributed by atoms with Gasteiger partial charge in [-0.3, -0.25) is 19.8 Å². The smallest absolute Gasteiger partial charge is 0.262 e. The second-order valence-electron chi connectivity index (χ2n) is 10.5. The summed E-state index contributed by atoms with van der Waals surface area (Å²) in [6, 6.07) is 17.7. The van der Waals surface area contributed by atoms with Crippen molar-refractivity contribution in [3.63, 3.8) is 0 Å². The lowest BCUT2D eigenvalue weighted by Crippen LogP contribution is -2.55. The predicted molar refractivity (Wildman–Crippen MR) is 155 cm³/mol. The van der Waals surface area contributed by atoms with Crippen molar-refractivity contribution in [3.05, 3.63) is 72.3 Å². The molecular formula is C31H42N4O5. The van der Waals surface area contributed by atoms with E-state index >= 15 is 0 Å². The van der Waals surface area contributed by atoms with Crippen LogP contribution in [-0.2, 0) is 24.0 Å². The van der Waals surface area contributed by atoms with Crippen LogP contribution in [0, 0.1) is 17.8 Å². The van der Waals surface area contributed by atoms with Crippen LogP contribution in [0.2, 0.25) is 0 Å². The predicted octanol–water partition coefficient (Wildman–Crippen LogP) is 4.35. The van der Waals surface area contributed by atoms with Crippen LogP contribution in [0.4, 0.5) is 5.69 Å². The van der Waals surface area contributed by atoms with Crippen LogP contribution in [0.3, 0.4) is 0 Å². The summed E-state index contributed by atoms with van der Waals surface area (Å²) in [6.07, 6.45) is 6.57. The maximum Gasteiger partial charge on any atom is 0.262 e. The van der Waals surface area contributed by atoms with Gasteiger partial charge in [0.25, 0.3) is 5.91 Å². The highest BCUT2D eigenvalue weighted by atomic mass is 16.8. The highest BCUT2D eigenvalue weighted by Crippen LogP contribution is 2.27. The van der Waals surface area contributed by atoms with Crippen LogP contribution in [0.1, 0.15) is 58.4 Å². The number of hydrogen-bond acceptors (Lipinski definition) is 6. The second kappa shape index (κ2) is 15.9. The number of nitrogens with two attached hydrogens (primary N) is 1. The van der Waals surface area contributed by atoms with E-state index in [2.05, 4.69) is 10.9 Å². The number of para-hydroxylation sites is 1. The summed E-state index contributed by atoms with van der Waals surface area (Å²) in [7, 11) is 0. The number of nitrogens with zero attached hydrogens (tertiary/aromatic N) is 1. The molecule has 1 heterocycles. The molecule has 40 heavy (non-hydrogen) atoms. The van der Waals surface area contributed by atoms with Crippen molar-refractivity contribution in [2.75, 3.05) is 11.6 Å². The third kappa shape index (κ3) is 9.59. The molecule has 9 heteroatoms. The van der Waals surface area contributed by atoms with Gasteiger partial charge in [0.05, 0.1) is 23.6 Å². The summed E-state index contributed by atoms with van der Waals surface area (Å²) in [5, 5.41) is 1.17. The van der Waals surface area contributed by atoms with Crippen molar-refractivity contribution in [1.29, 1.82) is 0 Å². The topological polar surface area (TPSA) is 123 Å². The maximum atomic E-state index is 13.9. The van der Waals surface area contributed by atoms with Crippen LogP contribution in [0.25, 0.3) is 6.08 Å². The molecule has 216 valence electrons. The van der Waals surface area contributed by atoms with Gasteiger partial charge >= 0.3 is 0 Å². The molecule has 2 aromatic rings. The Morgan fingerprint density at radius 2 is 1.68 bits per heavy atom. The molecule has 4 atom stereocenters. The quantitative estimate of drug-likeness (QED) is 0.338. The van der Waals surface area contributed by atoms with E-state index in [0.717, 1.165) is 18.4 Å². The van der Waals surface area contributed by atoms with Crippen LogP contribution < -0.4 is 21.6 Å². The molecule has 1 aliphatic heterocycles. The molecule has 1 saturated heterocycles. The summed E-state index contributed by atoms with van der Waals surface area (Å²) in [5.74, 6) is -2.77. The van der Waals surface area contributed by atoms with Crippen molar-refractivity contribution >= 4 is 29.5 Å². The van der Waals surface area contributed by atoms with Crippen molar-refractivity contribution in [2.24, 2.45) is 23.5 Å². The third-order valence-electron chi connectivity index (χ3n) is 6.66. The molecular weight excluding hydrogens is 508 g/mol. The number of hydrogen-bond donors (Lipinski definition) is 3. The first-order valence-electron chi connectivity index (χ1n) is 14.0. The van der Waals surface area contributed by atoms with Crippen LogP contribution in [0.5, 0.6) is 0 Å². The minimum absolute atomic E-state index is 0.0982. The average Bonchev–Trinajstić information content (AvgIpc) is 2.96. The number of rotatable bonds is 12. The number of anilines is 1. The van der Waals surface area contributed by atoms with Crippen LogP contribution in [-0.4, -0.2) is 36.7 Å². The van der Waals surface area contributed by atoms with Gasteiger partial charge in [0, 0.05) is 13.0 Å². The van der Waals surface area contributed by atoms with E-state index in [-0.39, 0.29) is 12.3 Å². The number of amides is 3. The van der Waals surface area contributed by atoms with Crippen LogP contribution >= 0.6 is 0 Å². The van der Waals surface area contributed by atoms with Gasteiger partial charge in [0.1, 0.15) is 0 Å². The number of nitrogens with one attached hydrogen (secondary N) is 2. The Kier molecular flexibility index (Phi) is 12.3. The van der Waals surface area contributed by atoms with Crippen molar-refractivity contribution in [3.8, 4) is 0 Å². The Hall–Kier alpha value is -3.53. The van der Waals surface area contributed by atoms with Gasteiger partial charge in [-0.2, -0.15) is 0 Å². The first-order valence-corrected chi connectivity index (χ1v) is 14.0. The molecule has 9 nitrogen and oxygen atoms in total. The molecule has 0 aromatic heterocycles. The first kappa shape index (κ1) is 31.0. The highest BCUT2D eigenvalue weighted by Gasteiger charge is 2.36. The molecule has 2 aromatic carbocycles. The molecule has 0 bridgehead atoms. The Bertz CT molecular complexity index is 1100. The van der Waals surface area contributed by atoms with E-state index in [1.807, 2.05) is 62.4 Å². The number of hydroxylamine groups is 1. The van der Waals surface area contributed by atoms with E-state index in [1.54, 1.807) is 31.2 Å². The number of hydrazine groups is 1. The van der Waals surface area contributed by atoms with Gasteiger partial charge in [-0.25, -0.2) is 15.3 Å². The molecule has 1 fully saturated rings. The lowest BCUT2D eigenvalue weighted by atomic mass is 9.82. The summed E-state index contributed by atoms with van der Waals surface area (Å²) < 4.78 is 5.58. The molecule has 1 unspecified atom stereocenters. The average molecular weight is 551 g/mol. The van der Waals surface area contributed by atoms with Crippen molar-refractivity contribution < 1.29 is 24.0 Å². The molecule has 0 aliphatic carbocycles. The first-order chi connectivity index (χ1) is 19.3. The van der Waals surface area contributed by atoms with E-state index in [9.17, 15) is 14.4 Å². The fraction of sp³-hybridized carbons (Fsp3) is 0.452. The molecule has 3 amide bonds. The zero-order valence-corrected chi connectivity index (χ0v) is 23.6. The minimum Gasteiger partial charge on any atom is -0.350 e. The normalized spacial score (nSPS) is 17.7. The van der Waals surface area contributed by atoms with Gasteiger partial charge in [0.15, 0.2) is 6.29 Å². The van der Waals surface area contributed by atoms with Gasteiger partial charge in [0.2, 0.25) is 11.8 Å². The molecule has 0 spiro atoms. The van der Waals surface area contributed by atoms with E-state index in [1.165, 1.54) is 5.01 Å². The monoisotopic (exact) mass is 550 g/mol. The molecule has 3 rings (SSSR count). The lowest BCUT2D eigenvalue weighted by Gasteiger charge is -2.31. The Labute approximate surface area is 237 Å². The lowest BCUT2D eigenvalue weighted by molar-refractivity contribution is -0.203. The van der Waals surface area contributed by atoms with Gasteiger partial charge in [-0.15, -0.1) is 0 Å². The fourth-order valence-electron chi connectivity index (χ4n) is 4.56. The third-order valence-corrected chi connectivity index (χ3v) is 6.66. The fourth-order valence-corrected chi connectivity index (χ4v) is 4.56. The number of benzene rings is 2. The molecule has 1 aliphatic rings. The summed E-state index contributed by atoms with van der Waals surface area (Å²) in [6.45, 7) is 6.11. The van der Waals surface area contributed by atoms with Gasteiger partial charge in [-0.1, -0.05) is 74.5 Å². The number of carbonyl (C=O) groups excluding carboxylic acids is 3. The van der Waals surface area contributed by atoms with Crippen molar-refractivity contribution in [1.82, 2.24) is 10.9 Å². The Morgan fingerprint density at radius 1 is 1.00 bits per heavy atom. The Balaban J connectivity index is 1.86. The molecule has 0 saturated carbocycles. The second-order valence-corrected chi connectivity index (χ2v) is 10.5. The van der Waals surface area contributed by atoms with E-state index in [0.29, 0.717) is 25.1 Å². The number of ether oxygens (including phenoxy) is 1. The Morgan fingerprint density at radius 3 is 2.27 bits per heavy atom. The molecule has 4 N–H and O–H groups in total. The summed E-state index contributed by atoms with van der Waals surface area (Å²) in [4.78, 5) is 46.0. The summed E-state index contributed by atoms with van der Waals surface area (Å²) >= 11 is 0. The standard InChI is InChI=1S/C31H42N4O5/c1-22(2)21-27(29(36)33-35(31(38)23(3)32)25-16-8-5-9-17-25)26(18-12-15-24-13-6-4-7-14-24)30(37)34-40-28-19-10-11-20-39-28/h4-9,12-17,22-23,26-28H,10-11,18-21,32H2,1-3H3,(H,33,36)(H,34,37)/t23-,26-,27+,28?/m0/s1. The van der Waals surface area contributed by atoms with Crippen molar-refractivity contribution in [2.45, 2.75) is 65.2 Å².